The molecule has 3 aromatic rings. The number of carbonyl (C=O) groups excluding carboxylic acids is 1. The van der Waals surface area contributed by atoms with E-state index in [-0.39, 0.29) is 5.69 Å². The summed E-state index contributed by atoms with van der Waals surface area (Å²) in [6.45, 7) is 0.344. The molecule has 1 N–H and O–H groups in total. The third kappa shape index (κ3) is 4.01. The highest BCUT2D eigenvalue weighted by Crippen LogP contribution is 2.27. The van der Waals surface area contributed by atoms with Crippen LogP contribution in [0.2, 0.25) is 0 Å². The van der Waals surface area contributed by atoms with Crippen LogP contribution in [0, 0.1) is 11.6 Å². The van der Waals surface area contributed by atoms with Crippen molar-refractivity contribution in [1.29, 1.82) is 0 Å². The lowest BCUT2D eigenvalue weighted by molar-refractivity contribution is 0.103. The van der Waals surface area contributed by atoms with Gasteiger partial charge in [0.05, 0.1) is 10.6 Å². The normalized spacial score (nSPS) is 12.7. The Kier molecular flexibility index (Phi) is 4.90. The van der Waals surface area contributed by atoms with Crippen molar-refractivity contribution in [1.82, 2.24) is 0 Å². The Hall–Kier alpha value is -2.73. The number of nitrogens with one attached hydrogen (secondary N) is 1. The molecule has 0 radical (unpaired) electrons. The number of anilines is 1. The molecule has 3 nitrogen and oxygen atoms in total. The third-order valence-corrected chi connectivity index (χ3v) is 5.51. The number of thiophene rings is 1. The predicted octanol–water partition coefficient (Wildman–Crippen LogP) is 5.35. The van der Waals surface area contributed by atoms with Crippen molar-refractivity contribution in [3.8, 4) is 5.75 Å². The second-order valence-corrected chi connectivity index (χ2v) is 7.38. The molecule has 138 valence electrons. The number of rotatable bonds is 5. The summed E-state index contributed by atoms with van der Waals surface area (Å²) < 4.78 is 32.7. The average Bonchev–Trinajstić information content (AvgIpc) is 3.31. The van der Waals surface area contributed by atoms with Gasteiger partial charge in [0.15, 0.2) is 0 Å². The monoisotopic (exact) mass is 385 g/mol. The first-order chi connectivity index (χ1) is 13.1. The van der Waals surface area contributed by atoms with Gasteiger partial charge in [0.1, 0.15) is 24.0 Å². The van der Waals surface area contributed by atoms with E-state index >= 15 is 0 Å². The van der Waals surface area contributed by atoms with Crippen LogP contribution in [0.5, 0.6) is 5.75 Å². The molecular formula is C21H17F2NO2S. The van der Waals surface area contributed by atoms with Crippen molar-refractivity contribution in [2.75, 3.05) is 5.32 Å². The van der Waals surface area contributed by atoms with Crippen LogP contribution in [0.15, 0.2) is 47.8 Å². The second-order valence-electron chi connectivity index (χ2n) is 6.47. The molecule has 0 aliphatic heterocycles. The lowest BCUT2D eigenvalue weighted by atomic mass is 10.1. The Balaban J connectivity index is 1.39. The standard InChI is InChI=1S/C21H17F2NO2S/c22-16-5-7-18(23)19(10-16)24-21(25)20-8-13(12-27-20)11-26-17-6-4-14-2-1-3-15(14)9-17/h4-10,12H,1-3,11H2,(H,24,25). The van der Waals surface area contributed by atoms with E-state index in [0.29, 0.717) is 11.5 Å². The maximum Gasteiger partial charge on any atom is 0.265 e. The SMILES string of the molecule is O=C(Nc1cc(F)ccc1F)c1cc(COc2ccc3c(c2)CCC3)cs1. The van der Waals surface area contributed by atoms with Crippen molar-refractivity contribution in [2.45, 2.75) is 25.9 Å². The quantitative estimate of drug-likeness (QED) is 0.643. The topological polar surface area (TPSA) is 38.3 Å². The van der Waals surface area contributed by atoms with Gasteiger partial charge in [-0.3, -0.25) is 4.79 Å². The van der Waals surface area contributed by atoms with Gasteiger partial charge < -0.3 is 10.1 Å². The predicted molar refractivity (Wildman–Crippen MR) is 101 cm³/mol. The number of hydrogen-bond acceptors (Lipinski definition) is 3. The number of hydrogen-bond donors (Lipinski definition) is 1. The molecule has 0 saturated heterocycles. The van der Waals surface area contributed by atoms with E-state index in [1.807, 2.05) is 11.4 Å². The molecule has 4 rings (SSSR count). The first kappa shape index (κ1) is 17.7. The molecule has 1 aliphatic carbocycles. The van der Waals surface area contributed by atoms with Gasteiger partial charge in [-0.1, -0.05) is 6.07 Å². The molecule has 1 heterocycles. The summed E-state index contributed by atoms with van der Waals surface area (Å²) in [5.74, 6) is -0.953. The van der Waals surface area contributed by atoms with Gasteiger partial charge in [0.2, 0.25) is 0 Å². The molecule has 0 bridgehead atoms. The number of benzene rings is 2. The molecule has 1 amide bonds. The number of aryl methyl sites for hydroxylation is 2. The van der Waals surface area contributed by atoms with Crippen molar-refractivity contribution in [2.24, 2.45) is 0 Å². The van der Waals surface area contributed by atoms with Gasteiger partial charge in [0, 0.05) is 11.6 Å². The molecule has 2 aromatic carbocycles. The lowest BCUT2D eigenvalue weighted by Gasteiger charge is -2.07. The Bertz CT molecular complexity index is 1000. The smallest absolute Gasteiger partial charge is 0.265 e. The van der Waals surface area contributed by atoms with Crippen LogP contribution in [-0.2, 0) is 19.4 Å². The van der Waals surface area contributed by atoms with Crippen LogP contribution >= 0.6 is 11.3 Å². The minimum atomic E-state index is -0.679. The largest absolute Gasteiger partial charge is 0.489 e. The van der Waals surface area contributed by atoms with E-state index in [2.05, 4.69) is 17.4 Å². The van der Waals surface area contributed by atoms with Gasteiger partial charge >= 0.3 is 0 Å². The molecule has 27 heavy (non-hydrogen) atoms. The number of carbonyl (C=O) groups is 1. The molecule has 6 heteroatoms. The van der Waals surface area contributed by atoms with Crippen LogP contribution in [-0.4, -0.2) is 5.91 Å². The summed E-state index contributed by atoms with van der Waals surface area (Å²) in [6.07, 6.45) is 3.41. The fraction of sp³-hybridized carbons (Fsp3) is 0.190. The summed E-state index contributed by atoms with van der Waals surface area (Å²) in [7, 11) is 0. The number of fused-ring (bicyclic) bond motifs is 1. The molecule has 0 fully saturated rings. The summed E-state index contributed by atoms with van der Waals surface area (Å²) in [4.78, 5) is 12.7. The Morgan fingerprint density at radius 2 is 1.93 bits per heavy atom. The molecule has 0 atom stereocenters. The van der Waals surface area contributed by atoms with E-state index in [4.69, 9.17) is 4.74 Å². The molecule has 0 unspecified atom stereocenters. The third-order valence-electron chi connectivity index (χ3n) is 4.53. The molecule has 0 saturated carbocycles. The maximum absolute atomic E-state index is 13.7. The highest BCUT2D eigenvalue weighted by atomic mass is 32.1. The summed E-state index contributed by atoms with van der Waals surface area (Å²) >= 11 is 1.23. The van der Waals surface area contributed by atoms with Crippen LogP contribution in [0.3, 0.4) is 0 Å². The van der Waals surface area contributed by atoms with Gasteiger partial charge in [-0.05, 0) is 66.1 Å². The van der Waals surface area contributed by atoms with Crippen LogP contribution < -0.4 is 10.1 Å². The molecule has 0 spiro atoms. The van der Waals surface area contributed by atoms with E-state index in [1.165, 1.54) is 28.9 Å². The maximum atomic E-state index is 13.7. The minimum absolute atomic E-state index is 0.177. The molecular weight excluding hydrogens is 368 g/mol. The Morgan fingerprint density at radius 1 is 1.07 bits per heavy atom. The Labute approximate surface area is 159 Å². The second kappa shape index (κ2) is 7.48. The average molecular weight is 385 g/mol. The zero-order valence-electron chi connectivity index (χ0n) is 14.4. The number of ether oxygens (including phenoxy) is 1. The van der Waals surface area contributed by atoms with E-state index in [0.717, 1.165) is 42.4 Å². The van der Waals surface area contributed by atoms with Crippen molar-refractivity contribution in [3.05, 3.63) is 81.0 Å². The zero-order valence-corrected chi connectivity index (χ0v) is 15.2. The fourth-order valence-corrected chi connectivity index (χ4v) is 3.94. The van der Waals surface area contributed by atoms with Gasteiger partial charge in [0.25, 0.3) is 5.91 Å². The van der Waals surface area contributed by atoms with Gasteiger partial charge in [-0.15, -0.1) is 11.3 Å². The minimum Gasteiger partial charge on any atom is -0.489 e. The van der Waals surface area contributed by atoms with Crippen molar-refractivity contribution < 1.29 is 18.3 Å². The van der Waals surface area contributed by atoms with E-state index in [1.54, 1.807) is 6.07 Å². The van der Waals surface area contributed by atoms with Crippen LogP contribution in [0.4, 0.5) is 14.5 Å². The van der Waals surface area contributed by atoms with Crippen molar-refractivity contribution >= 4 is 22.9 Å². The van der Waals surface area contributed by atoms with E-state index in [9.17, 15) is 13.6 Å². The van der Waals surface area contributed by atoms with Crippen LogP contribution in [0.25, 0.3) is 0 Å². The first-order valence-electron chi connectivity index (χ1n) is 8.67. The summed E-state index contributed by atoms with van der Waals surface area (Å²) in [6, 6.07) is 10.8. The zero-order chi connectivity index (χ0) is 18.8. The van der Waals surface area contributed by atoms with Crippen molar-refractivity contribution in [3.63, 3.8) is 0 Å². The summed E-state index contributed by atoms with van der Waals surface area (Å²) in [5, 5.41) is 4.22. The first-order valence-corrected chi connectivity index (χ1v) is 9.55. The fourth-order valence-electron chi connectivity index (χ4n) is 3.15. The van der Waals surface area contributed by atoms with E-state index < -0.39 is 17.5 Å². The number of amides is 1. The molecule has 1 aliphatic rings. The van der Waals surface area contributed by atoms with Gasteiger partial charge in [-0.2, -0.15) is 0 Å². The van der Waals surface area contributed by atoms with Crippen LogP contribution in [0.1, 0.15) is 32.8 Å². The highest BCUT2D eigenvalue weighted by molar-refractivity contribution is 7.12. The molecule has 1 aromatic heterocycles. The lowest BCUT2D eigenvalue weighted by Crippen LogP contribution is -2.11. The highest BCUT2D eigenvalue weighted by Gasteiger charge is 2.14. The Morgan fingerprint density at radius 3 is 2.81 bits per heavy atom. The summed E-state index contributed by atoms with van der Waals surface area (Å²) in [5.41, 5.74) is 3.41. The van der Waals surface area contributed by atoms with Gasteiger partial charge in [-0.25, -0.2) is 8.78 Å². The number of halogens is 2.